The molecular formula is C21H19N7O. The minimum atomic E-state index is -0.243. The van der Waals surface area contributed by atoms with Gasteiger partial charge in [-0.05, 0) is 35.9 Å². The number of anilines is 1. The second-order valence-corrected chi connectivity index (χ2v) is 6.45. The van der Waals surface area contributed by atoms with Crippen molar-refractivity contribution in [1.29, 1.82) is 0 Å². The van der Waals surface area contributed by atoms with Crippen molar-refractivity contribution in [3.8, 4) is 22.4 Å². The zero-order valence-corrected chi connectivity index (χ0v) is 15.7. The van der Waals surface area contributed by atoms with Crippen LogP contribution in [0.15, 0.2) is 73.5 Å². The summed E-state index contributed by atoms with van der Waals surface area (Å²) >= 11 is 0. The number of aromatic nitrogens is 5. The molecule has 0 spiro atoms. The number of pyridine rings is 1. The van der Waals surface area contributed by atoms with Gasteiger partial charge in [-0.2, -0.15) is 15.0 Å². The summed E-state index contributed by atoms with van der Waals surface area (Å²) in [6, 6.07) is 11.1. The fraction of sp³-hybridized carbons (Fsp3) is 0.0476. The molecule has 8 nitrogen and oxygen atoms in total. The highest BCUT2D eigenvalue weighted by atomic mass is 16.1. The second-order valence-electron chi connectivity index (χ2n) is 6.45. The average molecular weight is 385 g/mol. The van der Waals surface area contributed by atoms with Crippen LogP contribution in [0.25, 0.3) is 28.5 Å². The van der Waals surface area contributed by atoms with Gasteiger partial charge in [-0.1, -0.05) is 12.1 Å². The van der Waals surface area contributed by atoms with Crippen LogP contribution in [-0.2, 0) is 11.8 Å². The number of benzene rings is 1. The lowest BCUT2D eigenvalue weighted by atomic mass is 10.0. The molecule has 3 heterocycles. The predicted octanol–water partition coefficient (Wildman–Crippen LogP) is 2.71. The molecule has 0 atom stereocenters. The smallest absolute Gasteiger partial charge is 0.248 e. The Hall–Kier alpha value is -4.20. The maximum absolute atomic E-state index is 12.4. The number of nitrogens with two attached hydrogens (primary N) is 1. The summed E-state index contributed by atoms with van der Waals surface area (Å²) in [5.41, 5.74) is 5.01. The van der Waals surface area contributed by atoms with Crippen LogP contribution in [-0.4, -0.2) is 30.6 Å². The van der Waals surface area contributed by atoms with E-state index in [0.29, 0.717) is 5.69 Å². The Morgan fingerprint density at radius 1 is 1.17 bits per heavy atom. The van der Waals surface area contributed by atoms with E-state index in [1.54, 1.807) is 35.5 Å². The first-order chi connectivity index (χ1) is 14.1. The molecule has 4 rings (SSSR count). The molecule has 3 N–H and O–H groups in total. The summed E-state index contributed by atoms with van der Waals surface area (Å²) in [5, 5.41) is 11.2. The van der Waals surface area contributed by atoms with Crippen LogP contribution >= 0.6 is 0 Å². The lowest BCUT2D eigenvalue weighted by Gasteiger charge is -2.05. The zero-order valence-electron chi connectivity index (χ0n) is 15.7. The molecule has 0 saturated carbocycles. The van der Waals surface area contributed by atoms with Gasteiger partial charge in [0, 0.05) is 60.3 Å². The monoisotopic (exact) mass is 385 g/mol. The van der Waals surface area contributed by atoms with Crippen molar-refractivity contribution in [1.82, 2.24) is 24.7 Å². The number of aryl methyl sites for hydroxylation is 1. The third-order valence-electron chi connectivity index (χ3n) is 4.32. The molecule has 4 aromatic rings. The molecule has 0 fully saturated rings. The van der Waals surface area contributed by atoms with E-state index in [1.165, 1.54) is 10.9 Å². The Balaban J connectivity index is 1.50. The number of nitrogens with zero attached hydrogens (tertiary/aromatic N) is 5. The van der Waals surface area contributed by atoms with E-state index in [1.807, 2.05) is 49.6 Å². The Kier molecular flexibility index (Phi) is 4.90. The summed E-state index contributed by atoms with van der Waals surface area (Å²) in [5.74, 6) is 5.36. The SMILES string of the molecule is Cn1cc(-c2ccncc2/C=C/C(=O)Nc2cccc(-c3ccn(N)n3)c2)cn1. The van der Waals surface area contributed by atoms with Crippen LogP contribution in [0.4, 0.5) is 5.69 Å². The van der Waals surface area contributed by atoms with E-state index in [4.69, 9.17) is 5.84 Å². The molecule has 0 radical (unpaired) electrons. The van der Waals surface area contributed by atoms with Crippen molar-refractivity contribution in [2.75, 3.05) is 11.2 Å². The summed E-state index contributed by atoms with van der Waals surface area (Å²) in [6.07, 6.45) is 12.0. The first-order valence-corrected chi connectivity index (χ1v) is 8.92. The standard InChI is InChI=1S/C21H19N7O/c1-27-14-17(13-24-27)19-7-9-23-12-16(19)5-6-21(29)25-18-4-2-3-15(11-18)20-8-10-28(22)26-20/h2-14H,22H2,1H3,(H,25,29)/b6-5+. The van der Waals surface area contributed by atoms with Gasteiger partial charge in [0.15, 0.2) is 0 Å². The Labute approximate surface area is 167 Å². The number of amides is 1. The van der Waals surface area contributed by atoms with E-state index in [2.05, 4.69) is 20.5 Å². The Morgan fingerprint density at radius 2 is 2.07 bits per heavy atom. The predicted molar refractivity (Wildman–Crippen MR) is 112 cm³/mol. The molecule has 1 amide bonds. The minimum absolute atomic E-state index is 0.243. The van der Waals surface area contributed by atoms with Crippen molar-refractivity contribution >= 4 is 17.7 Å². The molecule has 0 unspecified atom stereocenters. The highest BCUT2D eigenvalue weighted by Gasteiger charge is 2.07. The molecule has 0 saturated heterocycles. The molecule has 144 valence electrons. The summed E-state index contributed by atoms with van der Waals surface area (Å²) in [4.78, 5) is 17.8. The van der Waals surface area contributed by atoms with Crippen LogP contribution < -0.4 is 11.2 Å². The average Bonchev–Trinajstić information content (AvgIpc) is 3.35. The van der Waals surface area contributed by atoms with E-state index in [-0.39, 0.29) is 5.91 Å². The van der Waals surface area contributed by atoms with Gasteiger partial charge in [-0.3, -0.25) is 14.5 Å². The van der Waals surface area contributed by atoms with Gasteiger partial charge in [0.05, 0.1) is 11.9 Å². The molecule has 0 bridgehead atoms. The van der Waals surface area contributed by atoms with Crippen LogP contribution in [0.1, 0.15) is 5.56 Å². The van der Waals surface area contributed by atoms with Crippen molar-refractivity contribution in [3.63, 3.8) is 0 Å². The number of hydrogen-bond donors (Lipinski definition) is 2. The third-order valence-corrected chi connectivity index (χ3v) is 4.32. The highest BCUT2D eigenvalue weighted by molar-refractivity contribution is 6.02. The van der Waals surface area contributed by atoms with Crippen molar-refractivity contribution in [3.05, 3.63) is 79.0 Å². The van der Waals surface area contributed by atoms with Gasteiger partial charge in [0.1, 0.15) is 0 Å². The summed E-state index contributed by atoms with van der Waals surface area (Å²) in [6.45, 7) is 0. The number of hydrogen-bond acceptors (Lipinski definition) is 5. The Morgan fingerprint density at radius 3 is 2.83 bits per heavy atom. The lowest BCUT2D eigenvalue weighted by Crippen LogP contribution is -2.08. The molecule has 8 heteroatoms. The fourth-order valence-electron chi connectivity index (χ4n) is 2.96. The molecule has 0 aliphatic carbocycles. The van der Waals surface area contributed by atoms with E-state index < -0.39 is 0 Å². The molecule has 1 aromatic carbocycles. The van der Waals surface area contributed by atoms with Gasteiger partial charge in [-0.15, -0.1) is 0 Å². The van der Waals surface area contributed by atoms with Gasteiger partial charge in [0.25, 0.3) is 0 Å². The number of rotatable bonds is 5. The fourth-order valence-corrected chi connectivity index (χ4v) is 2.96. The van der Waals surface area contributed by atoms with E-state index >= 15 is 0 Å². The highest BCUT2D eigenvalue weighted by Crippen LogP contribution is 2.24. The van der Waals surface area contributed by atoms with Crippen LogP contribution in [0.5, 0.6) is 0 Å². The van der Waals surface area contributed by atoms with Gasteiger partial charge < -0.3 is 11.2 Å². The molecular weight excluding hydrogens is 366 g/mol. The number of carbonyl (C=O) groups excluding carboxylic acids is 1. The molecule has 3 aromatic heterocycles. The molecule has 0 aliphatic heterocycles. The number of carbonyl (C=O) groups is 1. The van der Waals surface area contributed by atoms with E-state index in [9.17, 15) is 4.79 Å². The minimum Gasteiger partial charge on any atom is -0.323 e. The van der Waals surface area contributed by atoms with Crippen LogP contribution in [0.2, 0.25) is 0 Å². The number of nitrogens with one attached hydrogen (secondary N) is 1. The van der Waals surface area contributed by atoms with Crippen molar-refractivity contribution < 1.29 is 4.79 Å². The Bertz CT molecular complexity index is 1190. The van der Waals surface area contributed by atoms with Gasteiger partial charge >= 0.3 is 0 Å². The molecule has 0 aliphatic rings. The molecule has 29 heavy (non-hydrogen) atoms. The summed E-state index contributed by atoms with van der Waals surface area (Å²) in [7, 11) is 1.86. The first kappa shape index (κ1) is 18.2. The maximum Gasteiger partial charge on any atom is 0.248 e. The van der Waals surface area contributed by atoms with Gasteiger partial charge in [-0.25, -0.2) is 0 Å². The normalized spacial score (nSPS) is 11.1. The first-order valence-electron chi connectivity index (χ1n) is 8.92. The van der Waals surface area contributed by atoms with Crippen molar-refractivity contribution in [2.24, 2.45) is 7.05 Å². The van der Waals surface area contributed by atoms with Gasteiger partial charge in [0.2, 0.25) is 5.91 Å². The van der Waals surface area contributed by atoms with Crippen molar-refractivity contribution in [2.45, 2.75) is 0 Å². The topological polar surface area (TPSA) is 104 Å². The lowest BCUT2D eigenvalue weighted by molar-refractivity contribution is -0.111. The second kappa shape index (κ2) is 7.81. The third kappa shape index (κ3) is 4.22. The number of nitrogen functional groups attached to an aromatic ring is 1. The largest absolute Gasteiger partial charge is 0.323 e. The van der Waals surface area contributed by atoms with E-state index in [0.717, 1.165) is 27.9 Å². The maximum atomic E-state index is 12.4. The quantitative estimate of drug-likeness (QED) is 0.406. The zero-order chi connectivity index (χ0) is 20.2. The summed E-state index contributed by atoms with van der Waals surface area (Å²) < 4.78 is 1.73. The van der Waals surface area contributed by atoms with Crippen LogP contribution in [0.3, 0.4) is 0 Å². The van der Waals surface area contributed by atoms with Crippen LogP contribution in [0, 0.1) is 0 Å².